The van der Waals surface area contributed by atoms with Crippen LogP contribution in [0.25, 0.3) is 0 Å². The predicted octanol–water partition coefficient (Wildman–Crippen LogP) is 1.95. The van der Waals surface area contributed by atoms with E-state index in [-0.39, 0.29) is 10.5 Å². The van der Waals surface area contributed by atoms with E-state index in [1.165, 1.54) is 0 Å². The monoisotopic (exact) mass is 382 g/mol. The van der Waals surface area contributed by atoms with Crippen LogP contribution in [0.3, 0.4) is 0 Å². The number of fused-ring (bicyclic) bond motifs is 1. The summed E-state index contributed by atoms with van der Waals surface area (Å²) in [4.78, 5) is 27.4. The number of aliphatic imine (C=N–C) groups is 1. The van der Waals surface area contributed by atoms with Gasteiger partial charge in [0.2, 0.25) is 0 Å². The maximum Gasteiger partial charge on any atom is 0.416 e. The van der Waals surface area contributed by atoms with Crippen LogP contribution in [0, 0.1) is 0 Å². The number of hydrogen-bond acceptors (Lipinski definition) is 2. The third-order valence-electron chi connectivity index (χ3n) is 3.58. The molecule has 1 heterocycles. The second-order valence-electron chi connectivity index (χ2n) is 5.50. The van der Waals surface area contributed by atoms with E-state index in [9.17, 15) is 35.9 Å². The van der Waals surface area contributed by atoms with E-state index in [4.69, 9.17) is 11.5 Å². The molecule has 1 aliphatic rings. The molecule has 0 saturated carbocycles. The SMILES string of the molecule is NC(N)=NC(=O)C[C@@H]1c2ccc(C(F)(F)F)cc2C(=O)N1CC(F)(F)F. The highest BCUT2D eigenvalue weighted by molar-refractivity contribution is 6.00. The number of carbonyl (C=O) groups is 2. The number of carbonyl (C=O) groups excluding carboxylic acids is 2. The molecule has 0 radical (unpaired) electrons. The van der Waals surface area contributed by atoms with Crippen LogP contribution in [0.4, 0.5) is 26.3 Å². The van der Waals surface area contributed by atoms with Gasteiger partial charge >= 0.3 is 12.4 Å². The zero-order valence-corrected chi connectivity index (χ0v) is 12.9. The van der Waals surface area contributed by atoms with Crippen LogP contribution < -0.4 is 11.5 Å². The molecule has 26 heavy (non-hydrogen) atoms. The lowest BCUT2D eigenvalue weighted by atomic mass is 9.99. The first-order valence-electron chi connectivity index (χ1n) is 7.01. The van der Waals surface area contributed by atoms with E-state index in [1.54, 1.807) is 0 Å². The van der Waals surface area contributed by atoms with Crippen molar-refractivity contribution >= 4 is 17.8 Å². The van der Waals surface area contributed by atoms with Crippen molar-refractivity contribution in [1.82, 2.24) is 4.90 Å². The quantitative estimate of drug-likeness (QED) is 0.474. The van der Waals surface area contributed by atoms with Gasteiger partial charge in [-0.3, -0.25) is 9.59 Å². The molecule has 0 bridgehead atoms. The lowest BCUT2D eigenvalue weighted by Crippen LogP contribution is -2.37. The van der Waals surface area contributed by atoms with Crippen LogP contribution in [0.15, 0.2) is 23.2 Å². The van der Waals surface area contributed by atoms with E-state index >= 15 is 0 Å². The van der Waals surface area contributed by atoms with Gasteiger partial charge in [-0.15, -0.1) is 0 Å². The summed E-state index contributed by atoms with van der Waals surface area (Å²) in [7, 11) is 0. The fraction of sp³-hybridized carbons (Fsp3) is 0.357. The van der Waals surface area contributed by atoms with Crippen molar-refractivity contribution in [3.05, 3.63) is 34.9 Å². The normalized spacial score (nSPS) is 17.2. The first kappa shape index (κ1) is 19.5. The zero-order valence-electron chi connectivity index (χ0n) is 12.9. The highest BCUT2D eigenvalue weighted by atomic mass is 19.4. The fourth-order valence-corrected chi connectivity index (χ4v) is 2.62. The minimum Gasteiger partial charge on any atom is -0.370 e. The lowest BCUT2D eigenvalue weighted by molar-refractivity contribution is -0.145. The Bertz CT molecular complexity index is 768. The molecule has 2 amide bonds. The van der Waals surface area contributed by atoms with E-state index in [0.717, 1.165) is 6.07 Å². The van der Waals surface area contributed by atoms with Gasteiger partial charge in [0.05, 0.1) is 18.0 Å². The van der Waals surface area contributed by atoms with Gasteiger partial charge in [-0.2, -0.15) is 31.3 Å². The van der Waals surface area contributed by atoms with E-state index in [0.29, 0.717) is 12.1 Å². The Morgan fingerprint density at radius 1 is 1.15 bits per heavy atom. The first-order valence-corrected chi connectivity index (χ1v) is 7.01. The van der Waals surface area contributed by atoms with Crippen LogP contribution in [-0.4, -0.2) is 35.4 Å². The summed E-state index contributed by atoms with van der Waals surface area (Å²) in [6.45, 7) is -1.73. The summed E-state index contributed by atoms with van der Waals surface area (Å²) >= 11 is 0. The van der Waals surface area contributed by atoms with Crippen LogP contribution >= 0.6 is 0 Å². The molecule has 6 nitrogen and oxygen atoms in total. The van der Waals surface area contributed by atoms with Gasteiger partial charge in [0.1, 0.15) is 6.54 Å². The molecule has 0 aromatic heterocycles. The summed E-state index contributed by atoms with van der Waals surface area (Å²) in [6.07, 6.45) is -10.3. The Balaban J connectivity index is 2.47. The molecule has 4 N–H and O–H groups in total. The van der Waals surface area contributed by atoms with Gasteiger partial charge in [-0.1, -0.05) is 6.07 Å². The second kappa shape index (κ2) is 6.50. The topological polar surface area (TPSA) is 102 Å². The molecular weight excluding hydrogens is 370 g/mol. The molecule has 0 unspecified atom stereocenters. The molecule has 2 rings (SSSR count). The van der Waals surface area contributed by atoms with Crippen molar-refractivity contribution in [2.45, 2.75) is 24.8 Å². The molecule has 12 heteroatoms. The Labute approximate surface area is 142 Å². The number of rotatable bonds is 3. The zero-order chi connectivity index (χ0) is 19.9. The molecule has 0 spiro atoms. The average Bonchev–Trinajstić information content (AvgIpc) is 2.69. The van der Waals surface area contributed by atoms with E-state index in [1.807, 2.05) is 0 Å². The highest BCUT2D eigenvalue weighted by Crippen LogP contribution is 2.40. The molecule has 1 aromatic carbocycles. The largest absolute Gasteiger partial charge is 0.416 e. The van der Waals surface area contributed by atoms with Crippen LogP contribution in [0.5, 0.6) is 0 Å². The van der Waals surface area contributed by atoms with E-state index < -0.39 is 60.3 Å². The maximum atomic E-state index is 12.8. The van der Waals surface area contributed by atoms with E-state index in [2.05, 4.69) is 4.99 Å². The maximum absolute atomic E-state index is 12.8. The van der Waals surface area contributed by atoms with Crippen molar-refractivity contribution in [3.63, 3.8) is 0 Å². The number of alkyl halides is 6. The van der Waals surface area contributed by atoms with Crippen LogP contribution in [0.1, 0.15) is 33.9 Å². The van der Waals surface area contributed by atoms with Crippen LogP contribution in [0.2, 0.25) is 0 Å². The number of halogens is 6. The number of hydrogen-bond donors (Lipinski definition) is 2. The molecule has 142 valence electrons. The molecule has 0 aliphatic carbocycles. The van der Waals surface area contributed by atoms with Crippen molar-refractivity contribution in [1.29, 1.82) is 0 Å². The number of guanidine groups is 1. The molecular formula is C14H12F6N4O2. The van der Waals surface area contributed by atoms with Gasteiger partial charge in [-0.05, 0) is 17.7 Å². The van der Waals surface area contributed by atoms with Crippen molar-refractivity contribution < 1.29 is 35.9 Å². The van der Waals surface area contributed by atoms with Crippen molar-refractivity contribution in [2.24, 2.45) is 16.5 Å². The second-order valence-corrected chi connectivity index (χ2v) is 5.50. The molecule has 0 fully saturated rings. The summed E-state index contributed by atoms with van der Waals surface area (Å²) in [6, 6.07) is 0.532. The van der Waals surface area contributed by atoms with Gasteiger partial charge in [-0.25, -0.2) is 0 Å². The highest BCUT2D eigenvalue weighted by Gasteiger charge is 2.45. The number of amides is 2. The van der Waals surface area contributed by atoms with Crippen LogP contribution in [-0.2, 0) is 11.0 Å². The Morgan fingerprint density at radius 2 is 1.77 bits per heavy atom. The predicted molar refractivity (Wildman–Crippen MR) is 76.7 cm³/mol. The minimum absolute atomic E-state index is 0.133. The number of benzene rings is 1. The number of nitrogens with zero attached hydrogens (tertiary/aromatic N) is 2. The summed E-state index contributed by atoms with van der Waals surface area (Å²) < 4.78 is 76.7. The lowest BCUT2D eigenvalue weighted by Gasteiger charge is -2.25. The molecule has 0 saturated heterocycles. The van der Waals surface area contributed by atoms with Crippen molar-refractivity contribution in [3.8, 4) is 0 Å². The fourth-order valence-electron chi connectivity index (χ4n) is 2.62. The number of nitrogens with two attached hydrogens (primary N) is 2. The summed E-state index contributed by atoms with van der Waals surface area (Å²) in [5.74, 6) is -2.90. The first-order chi connectivity index (χ1) is 11.8. The third kappa shape index (κ3) is 4.24. The van der Waals surface area contributed by atoms with Gasteiger partial charge in [0.15, 0.2) is 5.96 Å². The molecule has 1 aromatic rings. The Hall–Kier alpha value is -2.79. The van der Waals surface area contributed by atoms with Gasteiger partial charge in [0.25, 0.3) is 11.8 Å². The molecule has 1 atom stereocenters. The van der Waals surface area contributed by atoms with Gasteiger partial charge in [0, 0.05) is 5.56 Å². The van der Waals surface area contributed by atoms with Gasteiger partial charge < -0.3 is 16.4 Å². The smallest absolute Gasteiger partial charge is 0.370 e. The standard InChI is InChI=1S/C14H12F6N4O2/c15-13(16,17)5-24-9(4-10(25)23-12(21)22)7-2-1-6(14(18,19)20)3-8(7)11(24)26/h1-3,9H,4-5H2,(H4,21,22,23,25)/t9-/m1/s1. The summed E-state index contributed by atoms with van der Waals surface area (Å²) in [5, 5.41) is 0. The molecule has 1 aliphatic heterocycles. The average molecular weight is 382 g/mol. The Morgan fingerprint density at radius 3 is 2.27 bits per heavy atom. The Kier molecular flexibility index (Phi) is 4.88. The summed E-state index contributed by atoms with van der Waals surface area (Å²) in [5.41, 5.74) is 8.16. The van der Waals surface area contributed by atoms with Crippen molar-refractivity contribution in [2.75, 3.05) is 6.54 Å². The third-order valence-corrected chi connectivity index (χ3v) is 3.58. The minimum atomic E-state index is -4.82.